The Morgan fingerprint density at radius 1 is 0.976 bits per heavy atom. The summed E-state index contributed by atoms with van der Waals surface area (Å²) >= 11 is 0. The van der Waals surface area contributed by atoms with Gasteiger partial charge in [0.1, 0.15) is 5.54 Å². The van der Waals surface area contributed by atoms with E-state index < -0.39 is 5.54 Å². The number of likely N-dealkylation sites (tertiary alicyclic amines) is 1. The number of hydrogen-bond acceptors (Lipinski definition) is 4. The van der Waals surface area contributed by atoms with Crippen LogP contribution < -0.4 is 16.4 Å². The lowest BCUT2D eigenvalue weighted by Crippen LogP contribution is -2.61. The second kappa shape index (κ2) is 11.0. The third-order valence-electron chi connectivity index (χ3n) is 8.90. The predicted molar refractivity (Wildman–Crippen MR) is 163 cm³/mol. The molecule has 0 aliphatic carbocycles. The molecule has 9 heteroatoms. The predicted octanol–water partition coefficient (Wildman–Crippen LogP) is 4.64. The Balaban J connectivity index is 1.17. The van der Waals surface area contributed by atoms with E-state index in [-0.39, 0.29) is 24.0 Å². The summed E-state index contributed by atoms with van der Waals surface area (Å²) in [5.41, 5.74) is 11.8. The van der Waals surface area contributed by atoms with Crippen LogP contribution in [0.5, 0.6) is 0 Å². The van der Waals surface area contributed by atoms with E-state index in [1.807, 2.05) is 90.4 Å². The molecule has 4 N–H and O–H groups in total. The zero-order valence-electron chi connectivity index (χ0n) is 24.2. The van der Waals surface area contributed by atoms with Gasteiger partial charge in [-0.1, -0.05) is 54.6 Å². The summed E-state index contributed by atoms with van der Waals surface area (Å²) in [6.45, 7) is 6.22. The summed E-state index contributed by atoms with van der Waals surface area (Å²) in [5.74, 6) is -0.120. The molecule has 3 aliphatic rings. The second-order valence-corrected chi connectivity index (χ2v) is 12.0. The van der Waals surface area contributed by atoms with Crippen LogP contribution in [0.15, 0.2) is 66.7 Å². The summed E-state index contributed by atoms with van der Waals surface area (Å²) in [7, 11) is 0. The van der Waals surface area contributed by atoms with Crippen LogP contribution in [0.2, 0.25) is 0 Å². The molecule has 0 spiro atoms. The van der Waals surface area contributed by atoms with Gasteiger partial charge in [-0.2, -0.15) is 0 Å². The number of anilines is 2. The molecule has 42 heavy (non-hydrogen) atoms. The maximum Gasteiger partial charge on any atom is 0.322 e. The van der Waals surface area contributed by atoms with Crippen LogP contribution >= 0.6 is 0 Å². The Morgan fingerprint density at radius 3 is 2.45 bits per heavy atom. The van der Waals surface area contributed by atoms with Gasteiger partial charge < -0.3 is 31.1 Å². The minimum absolute atomic E-state index is 0.0409. The van der Waals surface area contributed by atoms with Crippen molar-refractivity contribution in [1.82, 2.24) is 20.0 Å². The fraction of sp³-hybridized carbons (Fsp3) is 0.364. The molecule has 3 aromatic carbocycles. The second-order valence-electron chi connectivity index (χ2n) is 12.0. The van der Waals surface area contributed by atoms with Gasteiger partial charge in [0.05, 0.1) is 0 Å². The molecule has 6 rings (SSSR count). The van der Waals surface area contributed by atoms with Gasteiger partial charge >= 0.3 is 12.1 Å². The number of carbonyl (C=O) groups excluding carboxylic acids is 3. The number of para-hydroxylation sites is 1. The highest BCUT2D eigenvalue weighted by Crippen LogP contribution is 2.31. The Hall–Kier alpha value is -4.53. The first-order valence-corrected chi connectivity index (χ1v) is 14.6. The Morgan fingerprint density at radius 2 is 1.69 bits per heavy atom. The van der Waals surface area contributed by atoms with Crippen LogP contribution in [0.4, 0.5) is 21.0 Å². The van der Waals surface area contributed by atoms with Crippen LogP contribution in [0.1, 0.15) is 47.6 Å². The van der Waals surface area contributed by atoms with Crippen molar-refractivity contribution in [2.75, 3.05) is 24.1 Å². The average Bonchev–Trinajstić information content (AvgIpc) is 3.07. The van der Waals surface area contributed by atoms with Gasteiger partial charge in [0, 0.05) is 56.6 Å². The number of aryl methyl sites for hydroxylation is 1. The van der Waals surface area contributed by atoms with Crippen molar-refractivity contribution >= 4 is 29.3 Å². The van der Waals surface area contributed by atoms with Gasteiger partial charge in [0.2, 0.25) is 5.91 Å². The quantitative estimate of drug-likeness (QED) is 0.400. The zero-order chi connectivity index (χ0) is 29.4. The van der Waals surface area contributed by atoms with E-state index in [0.29, 0.717) is 57.7 Å². The normalized spacial score (nSPS) is 20.9. The van der Waals surface area contributed by atoms with Crippen molar-refractivity contribution in [2.45, 2.75) is 64.3 Å². The topological polar surface area (TPSA) is 111 Å². The summed E-state index contributed by atoms with van der Waals surface area (Å²) in [6.07, 6.45) is 1.73. The Bertz CT molecular complexity index is 1520. The number of fused-ring (bicyclic) bond motifs is 2. The molecular weight excluding hydrogens is 528 g/mol. The molecular formula is C33H38N6O3. The molecule has 0 aromatic heterocycles. The van der Waals surface area contributed by atoms with Crippen molar-refractivity contribution in [3.63, 3.8) is 0 Å². The van der Waals surface area contributed by atoms with E-state index in [2.05, 4.69) is 10.6 Å². The Labute approximate surface area is 246 Å². The molecule has 0 radical (unpaired) electrons. The zero-order valence-corrected chi connectivity index (χ0v) is 24.2. The molecule has 1 atom stereocenters. The summed E-state index contributed by atoms with van der Waals surface area (Å²) in [4.78, 5) is 46.1. The third kappa shape index (κ3) is 5.38. The number of nitrogens with two attached hydrogens (primary N) is 1. The number of rotatable bonds is 4. The van der Waals surface area contributed by atoms with Crippen LogP contribution in [-0.4, -0.2) is 57.3 Å². The van der Waals surface area contributed by atoms with Gasteiger partial charge in [0.25, 0.3) is 0 Å². The number of hydrogen-bond donors (Lipinski definition) is 3. The molecule has 218 valence electrons. The first-order valence-electron chi connectivity index (χ1n) is 14.6. The highest BCUT2D eigenvalue weighted by atomic mass is 16.2. The molecule has 1 fully saturated rings. The van der Waals surface area contributed by atoms with E-state index in [9.17, 15) is 14.4 Å². The lowest BCUT2D eigenvalue weighted by atomic mass is 9.89. The largest absolute Gasteiger partial charge is 0.399 e. The molecule has 1 saturated heterocycles. The third-order valence-corrected chi connectivity index (χ3v) is 8.90. The SMILES string of the molecule is Cc1cc2c(cc1N)CN(Cc1ccccc1)C(=O)[C@](C)(NC(=O)N1CCC(N3Cc4ccccc4NC3=O)CC1)C2. The summed E-state index contributed by atoms with van der Waals surface area (Å²) < 4.78 is 0. The highest BCUT2D eigenvalue weighted by Gasteiger charge is 2.43. The highest BCUT2D eigenvalue weighted by molar-refractivity contribution is 5.93. The lowest BCUT2D eigenvalue weighted by molar-refractivity contribution is -0.138. The minimum Gasteiger partial charge on any atom is -0.399 e. The monoisotopic (exact) mass is 566 g/mol. The van der Waals surface area contributed by atoms with Gasteiger partial charge in [-0.05, 0) is 66.6 Å². The summed E-state index contributed by atoms with van der Waals surface area (Å²) in [6, 6.07) is 21.4. The first-order chi connectivity index (χ1) is 20.2. The fourth-order valence-electron chi connectivity index (χ4n) is 6.47. The number of benzene rings is 3. The standard InChI is InChI=1S/C33H38N6O3/c1-22-16-25-18-33(2,30(40)38(20-26(25)17-28(22)34)19-23-8-4-3-5-9-23)36-32(42)37-14-12-27(13-15-37)39-21-24-10-6-7-11-29(24)35-31(39)41/h3-11,16-17,27H,12-15,18-21,34H2,1-2H3,(H,35,41)(H,36,42)/t33-/m1/s1. The Kier molecular flexibility index (Phi) is 7.26. The van der Waals surface area contributed by atoms with Crippen LogP contribution in [0.3, 0.4) is 0 Å². The van der Waals surface area contributed by atoms with Gasteiger partial charge in [-0.25, -0.2) is 9.59 Å². The molecule has 3 aliphatic heterocycles. The van der Waals surface area contributed by atoms with Crippen molar-refractivity contribution in [3.8, 4) is 0 Å². The molecule has 0 unspecified atom stereocenters. The smallest absolute Gasteiger partial charge is 0.322 e. The van der Waals surface area contributed by atoms with Gasteiger partial charge in [0.15, 0.2) is 0 Å². The van der Waals surface area contributed by atoms with E-state index >= 15 is 0 Å². The molecule has 0 bridgehead atoms. The molecule has 3 aromatic rings. The van der Waals surface area contributed by atoms with E-state index in [0.717, 1.165) is 33.5 Å². The van der Waals surface area contributed by atoms with Crippen molar-refractivity contribution in [2.24, 2.45) is 0 Å². The maximum absolute atomic E-state index is 14.1. The van der Waals surface area contributed by atoms with Crippen molar-refractivity contribution in [1.29, 1.82) is 0 Å². The van der Waals surface area contributed by atoms with E-state index in [4.69, 9.17) is 5.73 Å². The number of urea groups is 2. The number of nitrogen functional groups attached to an aromatic ring is 1. The molecule has 3 heterocycles. The maximum atomic E-state index is 14.1. The van der Waals surface area contributed by atoms with E-state index in [1.165, 1.54) is 0 Å². The van der Waals surface area contributed by atoms with E-state index in [1.54, 1.807) is 4.90 Å². The minimum atomic E-state index is -1.13. The van der Waals surface area contributed by atoms with Gasteiger partial charge in [-0.15, -0.1) is 0 Å². The van der Waals surface area contributed by atoms with Crippen LogP contribution in [-0.2, 0) is 30.8 Å². The lowest BCUT2D eigenvalue weighted by Gasteiger charge is -2.41. The number of nitrogens with one attached hydrogen (secondary N) is 2. The number of nitrogens with zero attached hydrogens (tertiary/aromatic N) is 3. The van der Waals surface area contributed by atoms with Gasteiger partial charge in [-0.3, -0.25) is 4.79 Å². The van der Waals surface area contributed by atoms with Crippen molar-refractivity contribution < 1.29 is 14.4 Å². The fourth-order valence-corrected chi connectivity index (χ4v) is 6.47. The summed E-state index contributed by atoms with van der Waals surface area (Å²) in [5, 5.41) is 6.13. The number of carbonyl (C=O) groups is 3. The number of piperidine rings is 1. The molecule has 0 saturated carbocycles. The van der Waals surface area contributed by atoms with Crippen LogP contribution in [0, 0.1) is 6.92 Å². The van der Waals surface area contributed by atoms with Crippen molar-refractivity contribution in [3.05, 3.63) is 94.5 Å². The molecule has 5 amide bonds. The first kappa shape index (κ1) is 27.6. The average molecular weight is 567 g/mol. The number of amides is 5. The van der Waals surface area contributed by atoms with Crippen LogP contribution in [0.25, 0.3) is 0 Å². The molecule has 9 nitrogen and oxygen atoms in total.